The fraction of sp³-hybridized carbons (Fsp3) is 0.308. The second-order valence-corrected chi connectivity index (χ2v) is 8.67. The Hall–Kier alpha value is -3.34. The summed E-state index contributed by atoms with van der Waals surface area (Å²) in [7, 11) is 0. The zero-order valence-electron chi connectivity index (χ0n) is 18.3. The first kappa shape index (κ1) is 20.9. The molecule has 0 radical (unpaired) electrons. The van der Waals surface area contributed by atoms with E-state index in [1.807, 2.05) is 39.1 Å². The van der Waals surface area contributed by atoms with Crippen LogP contribution in [0.1, 0.15) is 38.4 Å². The molecule has 1 amide bonds. The zero-order chi connectivity index (χ0) is 21.8. The fourth-order valence-corrected chi connectivity index (χ4v) is 3.80. The average molecular weight is 417 g/mol. The molecule has 0 saturated heterocycles. The van der Waals surface area contributed by atoms with E-state index in [4.69, 9.17) is 9.47 Å². The second-order valence-electron chi connectivity index (χ2n) is 8.67. The number of amides is 1. The molecule has 31 heavy (non-hydrogen) atoms. The Morgan fingerprint density at radius 3 is 2.74 bits per heavy atom. The maximum Gasteiger partial charge on any atom is 0.407 e. The van der Waals surface area contributed by atoms with Crippen LogP contribution >= 0.6 is 0 Å². The third kappa shape index (κ3) is 5.05. The maximum atomic E-state index is 11.7. The van der Waals surface area contributed by atoms with Crippen LogP contribution in [-0.4, -0.2) is 29.8 Å². The highest BCUT2D eigenvalue weighted by Crippen LogP contribution is 2.42. The molecule has 0 aliphatic heterocycles. The quantitative estimate of drug-likeness (QED) is 0.415. The predicted molar refractivity (Wildman–Crippen MR) is 122 cm³/mol. The highest BCUT2D eigenvalue weighted by Gasteiger charge is 2.22. The van der Waals surface area contributed by atoms with Crippen molar-refractivity contribution in [1.82, 2.24) is 10.3 Å². The number of rotatable bonds is 6. The minimum atomic E-state index is -0.491. The van der Waals surface area contributed by atoms with E-state index in [0.29, 0.717) is 19.6 Å². The van der Waals surface area contributed by atoms with Crippen molar-refractivity contribution in [2.75, 3.05) is 13.2 Å². The number of pyridine rings is 1. The molecule has 5 nitrogen and oxygen atoms in total. The zero-order valence-corrected chi connectivity index (χ0v) is 18.3. The van der Waals surface area contributed by atoms with Crippen molar-refractivity contribution in [2.45, 2.75) is 39.2 Å². The number of hydrogen-bond acceptors (Lipinski definition) is 4. The summed E-state index contributed by atoms with van der Waals surface area (Å²) in [6, 6.07) is 18.7. The van der Waals surface area contributed by atoms with E-state index in [2.05, 4.69) is 52.8 Å². The number of alkyl carbamates (subject to hydrolysis) is 1. The Labute approximate surface area is 183 Å². The van der Waals surface area contributed by atoms with Gasteiger partial charge in [-0.2, -0.15) is 0 Å². The van der Waals surface area contributed by atoms with Crippen LogP contribution < -0.4 is 10.1 Å². The number of ether oxygens (including phenoxy) is 2. The molecule has 1 heterocycles. The van der Waals surface area contributed by atoms with Gasteiger partial charge in [-0.3, -0.25) is 4.98 Å². The summed E-state index contributed by atoms with van der Waals surface area (Å²) in [4.78, 5) is 16.3. The van der Waals surface area contributed by atoms with Crippen LogP contribution in [0.4, 0.5) is 4.79 Å². The summed E-state index contributed by atoms with van der Waals surface area (Å²) < 4.78 is 11.2. The molecular weight excluding hydrogens is 388 g/mol. The number of carbonyl (C=O) groups is 1. The van der Waals surface area contributed by atoms with Crippen molar-refractivity contribution in [3.63, 3.8) is 0 Å². The second kappa shape index (κ2) is 8.80. The minimum absolute atomic E-state index is 0.402. The first-order valence-electron chi connectivity index (χ1n) is 10.7. The van der Waals surface area contributed by atoms with E-state index in [0.717, 1.165) is 23.4 Å². The third-order valence-corrected chi connectivity index (χ3v) is 5.08. The summed E-state index contributed by atoms with van der Waals surface area (Å²) in [6.07, 6.45) is 3.05. The first-order valence-corrected chi connectivity index (χ1v) is 10.7. The Kier molecular flexibility index (Phi) is 5.94. The summed E-state index contributed by atoms with van der Waals surface area (Å²) in [5.74, 6) is 0.812. The molecule has 0 spiro atoms. The van der Waals surface area contributed by atoms with Crippen LogP contribution in [0, 0.1) is 0 Å². The van der Waals surface area contributed by atoms with Crippen LogP contribution in [0.2, 0.25) is 0 Å². The third-order valence-electron chi connectivity index (χ3n) is 5.08. The largest absolute Gasteiger partial charge is 0.494 e. The molecule has 0 fully saturated rings. The van der Waals surface area contributed by atoms with Gasteiger partial charge in [0, 0.05) is 24.7 Å². The molecule has 0 bridgehead atoms. The highest BCUT2D eigenvalue weighted by atomic mass is 16.6. The highest BCUT2D eigenvalue weighted by molar-refractivity contribution is 5.89. The summed E-state index contributed by atoms with van der Waals surface area (Å²) in [5.41, 5.74) is 6.72. The van der Waals surface area contributed by atoms with Gasteiger partial charge in [0.1, 0.15) is 11.4 Å². The van der Waals surface area contributed by atoms with E-state index in [1.165, 1.54) is 22.3 Å². The molecule has 0 atom stereocenters. The Morgan fingerprint density at radius 1 is 1.06 bits per heavy atom. The summed E-state index contributed by atoms with van der Waals surface area (Å²) >= 11 is 0. The van der Waals surface area contributed by atoms with Gasteiger partial charge in [-0.1, -0.05) is 36.4 Å². The maximum absolute atomic E-state index is 11.7. The van der Waals surface area contributed by atoms with E-state index in [-0.39, 0.29) is 0 Å². The number of aromatic nitrogens is 1. The standard InChI is InChI=1S/C26H28N2O3/c1-26(2,3)31-25(29)28-13-7-15-30-20-10-6-9-18(16-20)22-12-14-27-23-17-19-8-4-5-11-21(19)24(22)23/h4-6,8-12,14,16H,7,13,15,17H2,1-3H3,(H,28,29). The molecule has 4 rings (SSSR count). The Balaban J connectivity index is 1.40. The number of benzene rings is 2. The number of hydrogen-bond donors (Lipinski definition) is 1. The van der Waals surface area contributed by atoms with Crippen molar-refractivity contribution in [2.24, 2.45) is 0 Å². The van der Waals surface area contributed by atoms with Crippen LogP contribution in [0.5, 0.6) is 5.75 Å². The molecule has 1 aromatic heterocycles. The number of nitrogens with one attached hydrogen (secondary N) is 1. The van der Waals surface area contributed by atoms with Gasteiger partial charge < -0.3 is 14.8 Å². The molecular formula is C26H28N2O3. The molecule has 3 aromatic rings. The van der Waals surface area contributed by atoms with Gasteiger partial charge >= 0.3 is 6.09 Å². The van der Waals surface area contributed by atoms with Crippen LogP contribution in [0.25, 0.3) is 22.3 Å². The molecule has 1 aliphatic carbocycles. The van der Waals surface area contributed by atoms with Gasteiger partial charge in [-0.25, -0.2) is 4.79 Å². The number of nitrogens with zero attached hydrogens (tertiary/aromatic N) is 1. The summed E-state index contributed by atoms with van der Waals surface area (Å²) in [5, 5.41) is 2.75. The molecule has 0 unspecified atom stereocenters. The lowest BCUT2D eigenvalue weighted by Gasteiger charge is -2.19. The lowest BCUT2D eigenvalue weighted by atomic mass is 9.96. The van der Waals surface area contributed by atoms with Crippen molar-refractivity contribution in [1.29, 1.82) is 0 Å². The van der Waals surface area contributed by atoms with Gasteiger partial charge in [0.2, 0.25) is 0 Å². The first-order chi connectivity index (χ1) is 14.9. The van der Waals surface area contributed by atoms with Crippen molar-refractivity contribution < 1.29 is 14.3 Å². The lowest BCUT2D eigenvalue weighted by molar-refractivity contribution is 0.0525. The van der Waals surface area contributed by atoms with E-state index < -0.39 is 11.7 Å². The van der Waals surface area contributed by atoms with Crippen molar-refractivity contribution in [3.8, 4) is 28.0 Å². The van der Waals surface area contributed by atoms with Crippen molar-refractivity contribution >= 4 is 6.09 Å². The molecule has 5 heteroatoms. The molecule has 1 N–H and O–H groups in total. The summed E-state index contributed by atoms with van der Waals surface area (Å²) in [6.45, 7) is 6.55. The SMILES string of the molecule is CC(C)(C)OC(=O)NCCCOc1cccc(-c2ccnc3c2-c2ccccc2C3)c1. The average Bonchev–Trinajstić information content (AvgIpc) is 3.11. The fourth-order valence-electron chi connectivity index (χ4n) is 3.80. The number of carbonyl (C=O) groups excluding carboxylic acids is 1. The monoisotopic (exact) mass is 416 g/mol. The van der Waals surface area contributed by atoms with Crippen LogP contribution in [0.3, 0.4) is 0 Å². The van der Waals surface area contributed by atoms with Gasteiger partial charge in [0.05, 0.1) is 12.3 Å². The van der Waals surface area contributed by atoms with Gasteiger partial charge in [0.25, 0.3) is 0 Å². The van der Waals surface area contributed by atoms with E-state index in [9.17, 15) is 4.79 Å². The normalized spacial score (nSPS) is 12.1. The Morgan fingerprint density at radius 2 is 1.90 bits per heavy atom. The molecule has 0 saturated carbocycles. The van der Waals surface area contributed by atoms with Crippen LogP contribution in [0.15, 0.2) is 60.8 Å². The smallest absolute Gasteiger partial charge is 0.407 e. The van der Waals surface area contributed by atoms with Gasteiger partial charge in [0.15, 0.2) is 0 Å². The van der Waals surface area contributed by atoms with Crippen LogP contribution in [-0.2, 0) is 11.2 Å². The topological polar surface area (TPSA) is 60.5 Å². The molecule has 1 aliphatic rings. The van der Waals surface area contributed by atoms with Crippen molar-refractivity contribution in [3.05, 3.63) is 72.1 Å². The Bertz CT molecular complexity index is 1090. The van der Waals surface area contributed by atoms with Gasteiger partial charge in [-0.05, 0) is 67.6 Å². The number of fused-ring (bicyclic) bond motifs is 3. The molecule has 160 valence electrons. The lowest BCUT2D eigenvalue weighted by Crippen LogP contribution is -2.33. The van der Waals surface area contributed by atoms with E-state index in [1.54, 1.807) is 0 Å². The predicted octanol–water partition coefficient (Wildman–Crippen LogP) is 5.61. The van der Waals surface area contributed by atoms with E-state index >= 15 is 0 Å². The molecule has 2 aromatic carbocycles. The minimum Gasteiger partial charge on any atom is -0.494 e. The van der Waals surface area contributed by atoms with Gasteiger partial charge in [-0.15, -0.1) is 0 Å².